The molecule has 0 radical (unpaired) electrons. The van der Waals surface area contributed by atoms with Gasteiger partial charge in [0.1, 0.15) is 11.9 Å². The van der Waals surface area contributed by atoms with Gasteiger partial charge in [0, 0.05) is 23.7 Å². The Labute approximate surface area is 195 Å². The zero-order valence-corrected chi connectivity index (χ0v) is 19.8. The molecule has 4 aliphatic carbocycles. The Bertz CT molecular complexity index is 991. The molecule has 6 heteroatoms. The lowest BCUT2D eigenvalue weighted by Crippen LogP contribution is -2.66. The molecule has 1 heterocycles. The number of hydrogen-bond donors (Lipinski definition) is 2. The number of carbonyl (C=O) groups excluding carboxylic acids is 2. The Balaban J connectivity index is 1.57. The van der Waals surface area contributed by atoms with Crippen molar-refractivity contribution in [2.45, 2.75) is 83.5 Å². The van der Waals surface area contributed by atoms with E-state index in [0.717, 1.165) is 19.3 Å². The van der Waals surface area contributed by atoms with Crippen LogP contribution in [0.15, 0.2) is 36.2 Å². The Kier molecular flexibility index (Phi) is 5.33. The predicted molar refractivity (Wildman–Crippen MR) is 122 cm³/mol. The highest BCUT2D eigenvalue weighted by molar-refractivity contribution is 5.89. The maximum Gasteiger partial charge on any atom is 0.339 e. The van der Waals surface area contributed by atoms with Crippen LogP contribution in [-0.2, 0) is 9.53 Å². The molecule has 8 atom stereocenters. The van der Waals surface area contributed by atoms with Gasteiger partial charge in [0.25, 0.3) is 0 Å². The Morgan fingerprint density at radius 2 is 1.97 bits per heavy atom. The third-order valence-electron chi connectivity index (χ3n) is 9.97. The molecule has 0 amide bonds. The summed E-state index contributed by atoms with van der Waals surface area (Å²) < 4.78 is 6.17. The van der Waals surface area contributed by atoms with E-state index >= 15 is 0 Å². The van der Waals surface area contributed by atoms with Crippen molar-refractivity contribution in [1.29, 1.82) is 0 Å². The molecule has 0 bridgehead atoms. The molecule has 3 saturated carbocycles. The molecule has 0 saturated heterocycles. The number of allylic oxidation sites excluding steroid dienone is 1. The second kappa shape index (κ2) is 7.74. The van der Waals surface area contributed by atoms with Crippen LogP contribution < -0.4 is 0 Å². The van der Waals surface area contributed by atoms with Crippen molar-refractivity contribution in [1.82, 2.24) is 4.98 Å². The highest BCUT2D eigenvalue weighted by atomic mass is 16.5. The van der Waals surface area contributed by atoms with Gasteiger partial charge in [0.2, 0.25) is 0 Å². The van der Waals surface area contributed by atoms with E-state index in [2.05, 4.69) is 18.0 Å². The molecule has 5 rings (SSSR count). The average molecular weight is 454 g/mol. The number of ether oxygens (including phenoxy) is 1. The van der Waals surface area contributed by atoms with Crippen LogP contribution in [0.5, 0.6) is 0 Å². The Hall–Kier alpha value is -2.05. The van der Waals surface area contributed by atoms with Gasteiger partial charge in [0.05, 0.1) is 17.3 Å². The minimum atomic E-state index is -1.09. The summed E-state index contributed by atoms with van der Waals surface area (Å²) in [5, 5.41) is 22.7. The number of esters is 1. The molecule has 1 aromatic rings. The van der Waals surface area contributed by atoms with Crippen LogP contribution >= 0.6 is 0 Å². The summed E-state index contributed by atoms with van der Waals surface area (Å²) in [6, 6.07) is 3.38. The molecule has 0 unspecified atom stereocenters. The summed E-state index contributed by atoms with van der Waals surface area (Å²) in [7, 11) is 0. The minimum Gasteiger partial charge on any atom is -0.458 e. The van der Waals surface area contributed by atoms with Crippen LogP contribution in [0.3, 0.4) is 0 Å². The highest BCUT2D eigenvalue weighted by Crippen LogP contribution is 2.68. The largest absolute Gasteiger partial charge is 0.458 e. The van der Waals surface area contributed by atoms with E-state index in [0.29, 0.717) is 31.2 Å². The fourth-order valence-corrected chi connectivity index (χ4v) is 8.06. The van der Waals surface area contributed by atoms with Crippen LogP contribution in [0.2, 0.25) is 0 Å². The maximum atomic E-state index is 13.1. The van der Waals surface area contributed by atoms with Crippen molar-refractivity contribution in [3.8, 4) is 0 Å². The second-order valence-electron chi connectivity index (χ2n) is 11.3. The van der Waals surface area contributed by atoms with Gasteiger partial charge < -0.3 is 14.9 Å². The molecule has 33 heavy (non-hydrogen) atoms. The number of hydrogen-bond acceptors (Lipinski definition) is 6. The van der Waals surface area contributed by atoms with Crippen LogP contribution in [0.4, 0.5) is 0 Å². The van der Waals surface area contributed by atoms with Crippen molar-refractivity contribution in [2.24, 2.45) is 28.6 Å². The molecule has 6 nitrogen and oxygen atoms in total. The number of carbonyl (C=O) groups is 2. The van der Waals surface area contributed by atoms with Crippen LogP contribution in [0.25, 0.3) is 0 Å². The number of fused-ring (bicyclic) bond motifs is 5. The van der Waals surface area contributed by atoms with E-state index in [1.807, 2.05) is 6.92 Å². The summed E-state index contributed by atoms with van der Waals surface area (Å²) in [5.41, 5.74) is -0.429. The third kappa shape index (κ3) is 3.17. The predicted octanol–water partition coefficient (Wildman–Crippen LogP) is 3.86. The SMILES string of the molecule is CC(=O)[C@H]1CC[C@]2(O)[C@@H]3CC=C4C[C@@H](O)CC[C@]4(C)[C@@H]3C[C@@H](OC(=O)c3cccnc3)[C@]12C. The topological polar surface area (TPSA) is 96.7 Å². The zero-order valence-electron chi connectivity index (χ0n) is 19.8. The van der Waals surface area contributed by atoms with Crippen molar-refractivity contribution in [3.05, 3.63) is 41.7 Å². The van der Waals surface area contributed by atoms with Crippen LogP contribution in [0.1, 0.15) is 76.1 Å². The molecular weight excluding hydrogens is 418 g/mol. The number of rotatable bonds is 3. The number of aromatic nitrogens is 1. The van der Waals surface area contributed by atoms with Gasteiger partial charge in [-0.2, -0.15) is 0 Å². The second-order valence-corrected chi connectivity index (χ2v) is 11.3. The Morgan fingerprint density at radius 3 is 2.67 bits per heavy atom. The smallest absolute Gasteiger partial charge is 0.339 e. The summed E-state index contributed by atoms with van der Waals surface area (Å²) in [4.78, 5) is 29.9. The summed E-state index contributed by atoms with van der Waals surface area (Å²) in [6.07, 6.45) is 9.22. The van der Waals surface area contributed by atoms with Crippen LogP contribution in [-0.4, -0.2) is 44.8 Å². The lowest BCUT2D eigenvalue weighted by molar-refractivity contribution is -0.224. The van der Waals surface area contributed by atoms with Gasteiger partial charge in [-0.25, -0.2) is 4.79 Å². The Morgan fingerprint density at radius 1 is 1.18 bits per heavy atom. The molecule has 2 N–H and O–H groups in total. The lowest BCUT2D eigenvalue weighted by atomic mass is 9.45. The van der Waals surface area contributed by atoms with E-state index in [9.17, 15) is 19.8 Å². The van der Waals surface area contributed by atoms with E-state index in [-0.39, 0.29) is 35.1 Å². The molecular formula is C27H35NO5. The number of ketones is 1. The number of nitrogens with zero attached hydrogens (tertiary/aromatic N) is 1. The quantitative estimate of drug-likeness (QED) is 0.533. The lowest BCUT2D eigenvalue weighted by Gasteiger charge is -2.62. The first kappa shape index (κ1) is 22.7. The third-order valence-corrected chi connectivity index (χ3v) is 9.97. The monoisotopic (exact) mass is 453 g/mol. The van der Waals surface area contributed by atoms with E-state index in [4.69, 9.17) is 4.74 Å². The first-order chi connectivity index (χ1) is 15.6. The van der Waals surface area contributed by atoms with Gasteiger partial charge in [-0.1, -0.05) is 25.5 Å². The maximum absolute atomic E-state index is 13.1. The van der Waals surface area contributed by atoms with E-state index < -0.39 is 23.1 Å². The number of Topliss-reactive ketones (excluding diaryl/α,β-unsaturated/α-hetero) is 1. The summed E-state index contributed by atoms with van der Waals surface area (Å²) in [5.74, 6) is -0.625. The molecule has 178 valence electrons. The normalized spacial score (nSPS) is 44.2. The first-order valence-corrected chi connectivity index (χ1v) is 12.3. The van der Waals surface area contributed by atoms with Gasteiger partial charge in [0.15, 0.2) is 0 Å². The van der Waals surface area contributed by atoms with Crippen molar-refractivity contribution in [3.63, 3.8) is 0 Å². The molecule has 0 spiro atoms. The zero-order chi connectivity index (χ0) is 23.6. The molecule has 0 aliphatic heterocycles. The van der Waals surface area contributed by atoms with Crippen molar-refractivity contribution < 1.29 is 24.5 Å². The van der Waals surface area contributed by atoms with Gasteiger partial charge >= 0.3 is 5.97 Å². The number of aliphatic hydroxyl groups excluding tert-OH is 1. The fraction of sp³-hybridized carbons (Fsp3) is 0.667. The molecule has 0 aromatic carbocycles. The number of pyridine rings is 1. The van der Waals surface area contributed by atoms with E-state index in [1.54, 1.807) is 25.3 Å². The number of aliphatic hydroxyl groups is 2. The average Bonchev–Trinajstić information content (AvgIpc) is 3.08. The summed E-state index contributed by atoms with van der Waals surface area (Å²) in [6.45, 7) is 5.82. The highest BCUT2D eigenvalue weighted by Gasteiger charge is 2.71. The molecule has 4 aliphatic rings. The summed E-state index contributed by atoms with van der Waals surface area (Å²) >= 11 is 0. The standard InChI is InChI=1S/C27H35NO5/c1-16(29)20-9-11-27(32)21-7-6-18-13-19(30)8-10-25(18,2)22(21)14-23(26(20,27)3)33-24(31)17-5-4-12-28-15-17/h4-6,12,15,19-23,30,32H,7-11,13-14H2,1-3H3/t19-,20+,21+,22+,23+,25-,26-,27-/m0/s1. The van der Waals surface area contributed by atoms with Gasteiger partial charge in [-0.3, -0.25) is 9.78 Å². The fourth-order valence-electron chi connectivity index (χ4n) is 8.06. The van der Waals surface area contributed by atoms with Gasteiger partial charge in [-0.15, -0.1) is 0 Å². The van der Waals surface area contributed by atoms with Crippen LogP contribution in [0, 0.1) is 28.6 Å². The molecule has 3 fully saturated rings. The van der Waals surface area contributed by atoms with Crippen molar-refractivity contribution in [2.75, 3.05) is 0 Å². The first-order valence-electron chi connectivity index (χ1n) is 12.3. The molecule has 1 aromatic heterocycles. The minimum absolute atomic E-state index is 0.00388. The van der Waals surface area contributed by atoms with E-state index in [1.165, 1.54) is 11.8 Å². The van der Waals surface area contributed by atoms with Crippen molar-refractivity contribution >= 4 is 11.8 Å². The van der Waals surface area contributed by atoms with Gasteiger partial charge in [-0.05, 0) is 81.3 Å².